The minimum Gasteiger partial charge on any atom is -0.369 e. The van der Waals surface area contributed by atoms with Gasteiger partial charge in [-0.15, -0.1) is 0 Å². The summed E-state index contributed by atoms with van der Waals surface area (Å²) in [7, 11) is -3.64. The fraction of sp³-hybridized carbons (Fsp3) is 0.357. The molecule has 1 rings (SSSR count). The van der Waals surface area contributed by atoms with Crippen LogP contribution in [0, 0.1) is 0 Å². The second-order valence-corrected chi connectivity index (χ2v) is 6.23. The third-order valence-electron chi connectivity index (χ3n) is 2.69. The predicted molar refractivity (Wildman–Crippen MR) is 80.1 cm³/mol. The van der Waals surface area contributed by atoms with Crippen LogP contribution < -0.4 is 5.73 Å². The molecule has 0 spiro atoms. The van der Waals surface area contributed by atoms with E-state index in [0.717, 1.165) is 21.7 Å². The van der Waals surface area contributed by atoms with Gasteiger partial charge in [-0.05, 0) is 18.1 Å². The van der Waals surface area contributed by atoms with Gasteiger partial charge in [0, 0.05) is 12.0 Å². The number of sulfonamides is 1. The van der Waals surface area contributed by atoms with Crippen LogP contribution in [0.15, 0.2) is 35.7 Å². The summed E-state index contributed by atoms with van der Waals surface area (Å²) in [6.45, 7) is 1.96. The fourth-order valence-corrected chi connectivity index (χ4v) is 2.81. The Labute approximate surface area is 120 Å². The summed E-state index contributed by atoms with van der Waals surface area (Å²) in [6.07, 6.45) is 3.04. The maximum Gasteiger partial charge on any atom is 0.236 e. The number of unbranched alkanes of at least 4 members (excludes halogenated alkanes) is 1. The van der Waals surface area contributed by atoms with E-state index in [9.17, 15) is 13.2 Å². The van der Waals surface area contributed by atoms with E-state index in [-0.39, 0.29) is 6.54 Å². The number of hydrogen-bond acceptors (Lipinski definition) is 3. The average Bonchev–Trinajstić information content (AvgIpc) is 2.42. The quantitative estimate of drug-likeness (QED) is 0.790. The van der Waals surface area contributed by atoms with E-state index in [2.05, 4.69) is 0 Å². The number of hydrogen-bond donors (Lipinski definition) is 1. The molecule has 0 aliphatic rings. The van der Waals surface area contributed by atoms with Gasteiger partial charge in [-0.2, -0.15) is 4.31 Å². The third-order valence-corrected chi connectivity index (χ3v) is 4.20. The molecular formula is C14H20N2O3S. The molecule has 0 saturated heterocycles. The van der Waals surface area contributed by atoms with Gasteiger partial charge >= 0.3 is 0 Å². The molecule has 0 atom stereocenters. The van der Waals surface area contributed by atoms with Gasteiger partial charge in [0.1, 0.15) is 0 Å². The molecular weight excluding hydrogens is 276 g/mol. The Morgan fingerprint density at radius 3 is 2.50 bits per heavy atom. The van der Waals surface area contributed by atoms with Crippen molar-refractivity contribution in [2.75, 3.05) is 13.1 Å². The highest BCUT2D eigenvalue weighted by atomic mass is 32.2. The molecule has 0 radical (unpaired) electrons. The Morgan fingerprint density at radius 2 is 1.95 bits per heavy atom. The molecule has 0 aromatic heterocycles. The normalized spacial score (nSPS) is 12.1. The number of amides is 1. The first-order valence-electron chi connectivity index (χ1n) is 6.47. The zero-order valence-corrected chi connectivity index (χ0v) is 12.3. The maximum absolute atomic E-state index is 12.2. The van der Waals surface area contributed by atoms with E-state index < -0.39 is 15.9 Å². The highest BCUT2D eigenvalue weighted by Crippen LogP contribution is 2.09. The molecule has 0 saturated carbocycles. The van der Waals surface area contributed by atoms with Gasteiger partial charge in [0.05, 0.1) is 6.54 Å². The van der Waals surface area contributed by atoms with Crippen LogP contribution in [-0.2, 0) is 14.8 Å². The first kappa shape index (κ1) is 16.4. The molecule has 5 nitrogen and oxygen atoms in total. The molecule has 0 heterocycles. The molecule has 1 aromatic carbocycles. The lowest BCUT2D eigenvalue weighted by molar-refractivity contribution is -0.118. The van der Waals surface area contributed by atoms with Gasteiger partial charge in [0.25, 0.3) is 0 Å². The van der Waals surface area contributed by atoms with Crippen molar-refractivity contribution in [3.8, 4) is 0 Å². The van der Waals surface area contributed by atoms with Gasteiger partial charge < -0.3 is 5.73 Å². The summed E-state index contributed by atoms with van der Waals surface area (Å²) in [6, 6.07) is 9.11. The molecule has 0 fully saturated rings. The minimum absolute atomic E-state index is 0.290. The summed E-state index contributed by atoms with van der Waals surface area (Å²) in [4.78, 5) is 11.0. The SMILES string of the molecule is CCCCN(CC(N)=O)S(=O)(=O)/C=C\c1ccccc1. The van der Waals surface area contributed by atoms with Crippen LogP contribution in [0.4, 0.5) is 0 Å². The van der Waals surface area contributed by atoms with Gasteiger partial charge in [-0.3, -0.25) is 4.79 Å². The molecule has 0 aliphatic heterocycles. The topological polar surface area (TPSA) is 80.5 Å². The second kappa shape index (κ2) is 7.81. The van der Waals surface area contributed by atoms with Crippen molar-refractivity contribution in [2.24, 2.45) is 5.73 Å². The molecule has 0 bridgehead atoms. The van der Waals surface area contributed by atoms with Gasteiger partial charge in [0.2, 0.25) is 15.9 Å². The second-order valence-electron chi connectivity index (χ2n) is 4.41. The zero-order chi connectivity index (χ0) is 15.0. The van der Waals surface area contributed by atoms with Crippen LogP contribution in [0.3, 0.4) is 0 Å². The van der Waals surface area contributed by atoms with E-state index >= 15 is 0 Å². The van der Waals surface area contributed by atoms with Gasteiger partial charge in [-0.25, -0.2) is 8.42 Å². The van der Waals surface area contributed by atoms with Crippen molar-refractivity contribution in [1.82, 2.24) is 4.31 Å². The maximum atomic E-state index is 12.2. The average molecular weight is 296 g/mol. The lowest BCUT2D eigenvalue weighted by Gasteiger charge is -2.18. The monoisotopic (exact) mass is 296 g/mol. The summed E-state index contributed by atoms with van der Waals surface area (Å²) in [5.74, 6) is -0.655. The Hall–Kier alpha value is -1.66. The molecule has 6 heteroatoms. The molecule has 0 unspecified atom stereocenters. The Bertz CT molecular complexity index is 553. The highest BCUT2D eigenvalue weighted by Gasteiger charge is 2.20. The molecule has 1 aromatic rings. The number of nitrogens with two attached hydrogens (primary N) is 1. The summed E-state index contributed by atoms with van der Waals surface area (Å²) in [5, 5.41) is 1.11. The summed E-state index contributed by atoms with van der Waals surface area (Å²) < 4.78 is 25.5. The van der Waals surface area contributed by atoms with Crippen molar-refractivity contribution >= 4 is 22.0 Å². The van der Waals surface area contributed by atoms with E-state index in [1.54, 1.807) is 12.1 Å². The van der Waals surface area contributed by atoms with Crippen LogP contribution in [0.25, 0.3) is 6.08 Å². The van der Waals surface area contributed by atoms with Crippen molar-refractivity contribution < 1.29 is 13.2 Å². The number of primary amides is 1. The van der Waals surface area contributed by atoms with Crippen LogP contribution >= 0.6 is 0 Å². The van der Waals surface area contributed by atoms with Gasteiger partial charge in [-0.1, -0.05) is 43.7 Å². The lowest BCUT2D eigenvalue weighted by atomic mass is 10.2. The van der Waals surface area contributed by atoms with Crippen LogP contribution in [0.2, 0.25) is 0 Å². The first-order valence-corrected chi connectivity index (χ1v) is 7.97. The largest absolute Gasteiger partial charge is 0.369 e. The minimum atomic E-state index is -3.64. The Balaban J connectivity index is 2.86. The van der Waals surface area contributed by atoms with Crippen molar-refractivity contribution in [1.29, 1.82) is 0 Å². The Kier molecular flexibility index (Phi) is 6.41. The number of nitrogens with zero attached hydrogens (tertiary/aromatic N) is 1. The molecule has 20 heavy (non-hydrogen) atoms. The first-order chi connectivity index (χ1) is 9.45. The number of benzene rings is 1. The highest BCUT2D eigenvalue weighted by molar-refractivity contribution is 7.92. The Morgan fingerprint density at radius 1 is 1.30 bits per heavy atom. The fourth-order valence-electron chi connectivity index (χ4n) is 1.62. The lowest BCUT2D eigenvalue weighted by Crippen LogP contribution is -2.38. The van der Waals surface area contributed by atoms with E-state index in [0.29, 0.717) is 13.0 Å². The molecule has 1 amide bonds. The van der Waals surface area contributed by atoms with Crippen LogP contribution in [0.5, 0.6) is 0 Å². The molecule has 0 aliphatic carbocycles. The van der Waals surface area contributed by atoms with Crippen molar-refractivity contribution in [3.63, 3.8) is 0 Å². The standard InChI is InChI=1S/C14H20N2O3S/c1-2-3-10-16(12-14(15)17)20(18,19)11-9-13-7-5-4-6-8-13/h4-9,11H,2-3,10,12H2,1H3,(H2,15,17)/b11-9-. The van der Waals surface area contributed by atoms with Gasteiger partial charge in [0.15, 0.2) is 0 Å². The number of rotatable bonds is 8. The van der Waals surface area contributed by atoms with Crippen molar-refractivity contribution in [2.45, 2.75) is 19.8 Å². The number of carbonyl (C=O) groups is 1. The van der Waals surface area contributed by atoms with Crippen LogP contribution in [-0.4, -0.2) is 31.7 Å². The van der Waals surface area contributed by atoms with Crippen LogP contribution in [0.1, 0.15) is 25.3 Å². The van der Waals surface area contributed by atoms with E-state index in [4.69, 9.17) is 5.73 Å². The zero-order valence-electron chi connectivity index (χ0n) is 11.5. The predicted octanol–water partition coefficient (Wildman–Crippen LogP) is 1.57. The molecule has 110 valence electrons. The molecule has 2 N–H and O–H groups in total. The summed E-state index contributed by atoms with van der Waals surface area (Å²) >= 11 is 0. The van der Waals surface area contributed by atoms with E-state index in [1.807, 2.05) is 25.1 Å². The van der Waals surface area contributed by atoms with Crippen molar-refractivity contribution in [3.05, 3.63) is 41.3 Å². The van der Waals surface area contributed by atoms with E-state index in [1.165, 1.54) is 6.08 Å². The number of carbonyl (C=O) groups excluding carboxylic acids is 1. The summed E-state index contributed by atoms with van der Waals surface area (Å²) in [5.41, 5.74) is 5.88. The third kappa shape index (κ3) is 5.54. The smallest absolute Gasteiger partial charge is 0.236 e.